The zero-order chi connectivity index (χ0) is 23.5. The highest BCUT2D eigenvalue weighted by atomic mass is 19.4. The summed E-state index contributed by atoms with van der Waals surface area (Å²) in [6, 6.07) is 4.52. The van der Waals surface area contributed by atoms with Gasteiger partial charge < -0.3 is 19.7 Å². The Hall–Kier alpha value is -3.67. The molecule has 0 aliphatic carbocycles. The van der Waals surface area contributed by atoms with Crippen LogP contribution in [0, 0.1) is 0 Å². The molecule has 1 unspecified atom stereocenters. The van der Waals surface area contributed by atoms with Crippen molar-refractivity contribution in [3.05, 3.63) is 55.1 Å². The van der Waals surface area contributed by atoms with E-state index in [9.17, 15) is 23.1 Å². The molecule has 1 atom stereocenters. The van der Waals surface area contributed by atoms with E-state index in [4.69, 9.17) is 4.42 Å². The highest BCUT2D eigenvalue weighted by molar-refractivity contribution is 5.84. The molecule has 3 aromatic rings. The molecule has 1 aliphatic rings. The van der Waals surface area contributed by atoms with Crippen molar-refractivity contribution in [3.63, 3.8) is 0 Å². The van der Waals surface area contributed by atoms with Crippen molar-refractivity contribution in [1.82, 2.24) is 24.9 Å². The fourth-order valence-corrected chi connectivity index (χ4v) is 3.21. The molecule has 3 heterocycles. The Kier molecular flexibility index (Phi) is 6.63. The van der Waals surface area contributed by atoms with Crippen LogP contribution in [0.1, 0.15) is 23.8 Å². The van der Waals surface area contributed by atoms with Crippen LogP contribution in [-0.4, -0.2) is 49.2 Å². The van der Waals surface area contributed by atoms with Crippen molar-refractivity contribution in [1.29, 1.82) is 0 Å². The van der Waals surface area contributed by atoms with E-state index in [1.807, 2.05) is 0 Å². The van der Waals surface area contributed by atoms with E-state index in [0.717, 1.165) is 12.1 Å². The van der Waals surface area contributed by atoms with Gasteiger partial charge in [-0.05, 0) is 30.7 Å². The number of anilines is 2. The standard InChI is InChI=1S/C18H17F3N6O3.C2H4/c1-26-8-13(14(25-26)22-11-4-2-10(3-5-11)18(19,20)21)16-24-23-15(30-16)12-6-7-27(9-28)17(12)29;1-2/h2-5,8,12,28H,6-7,9H2,1H3,(H,22,25);1-2H2. The van der Waals surface area contributed by atoms with E-state index in [0.29, 0.717) is 30.0 Å². The molecule has 0 bridgehead atoms. The lowest BCUT2D eigenvalue weighted by atomic mass is 10.1. The Bertz CT molecular complexity index is 1080. The molecule has 0 spiro atoms. The van der Waals surface area contributed by atoms with Crippen LogP contribution in [0.2, 0.25) is 0 Å². The lowest BCUT2D eigenvalue weighted by Crippen LogP contribution is -2.27. The van der Waals surface area contributed by atoms with Gasteiger partial charge in [-0.1, -0.05) is 0 Å². The number of amides is 1. The van der Waals surface area contributed by atoms with Gasteiger partial charge in [-0.3, -0.25) is 9.48 Å². The SMILES string of the molecule is C=C.Cn1cc(-c2nnc(C3CCN(CO)C3=O)o2)c(Nc2ccc(C(F)(F)F)cc2)n1. The number of aliphatic hydroxyl groups excluding tert-OH is 1. The number of hydrogen-bond donors (Lipinski definition) is 2. The van der Waals surface area contributed by atoms with Crippen LogP contribution in [0.4, 0.5) is 24.7 Å². The summed E-state index contributed by atoms with van der Waals surface area (Å²) in [6.07, 6.45) is -2.36. The zero-order valence-electron chi connectivity index (χ0n) is 17.1. The van der Waals surface area contributed by atoms with Crippen LogP contribution in [0.15, 0.2) is 48.0 Å². The summed E-state index contributed by atoms with van der Waals surface area (Å²) in [5.74, 6) is -0.358. The van der Waals surface area contributed by atoms with Gasteiger partial charge in [-0.25, -0.2) is 0 Å². The largest absolute Gasteiger partial charge is 0.420 e. The van der Waals surface area contributed by atoms with Crippen molar-refractivity contribution in [3.8, 4) is 11.5 Å². The van der Waals surface area contributed by atoms with Gasteiger partial charge in [0.2, 0.25) is 11.8 Å². The number of rotatable bonds is 5. The van der Waals surface area contributed by atoms with Gasteiger partial charge in [0, 0.05) is 25.5 Å². The first-order valence-corrected chi connectivity index (χ1v) is 9.47. The molecule has 2 aromatic heterocycles. The maximum absolute atomic E-state index is 12.7. The smallest absolute Gasteiger partial charge is 0.416 e. The number of aliphatic hydroxyl groups is 1. The molecule has 0 radical (unpaired) electrons. The van der Waals surface area contributed by atoms with E-state index >= 15 is 0 Å². The normalized spacial score (nSPS) is 16.1. The number of carbonyl (C=O) groups is 1. The lowest BCUT2D eigenvalue weighted by Gasteiger charge is -2.10. The molecule has 4 rings (SSSR count). The Labute approximate surface area is 181 Å². The first kappa shape index (κ1) is 23.0. The van der Waals surface area contributed by atoms with Gasteiger partial charge >= 0.3 is 6.18 Å². The number of halogens is 3. The van der Waals surface area contributed by atoms with E-state index in [1.165, 1.54) is 21.7 Å². The molecule has 1 fully saturated rings. The maximum Gasteiger partial charge on any atom is 0.416 e. The summed E-state index contributed by atoms with van der Waals surface area (Å²) in [4.78, 5) is 13.5. The van der Waals surface area contributed by atoms with Gasteiger partial charge in [0.15, 0.2) is 5.82 Å². The predicted molar refractivity (Wildman–Crippen MR) is 109 cm³/mol. The minimum Gasteiger partial charge on any atom is -0.420 e. The zero-order valence-corrected chi connectivity index (χ0v) is 17.1. The molecular formula is C20H21F3N6O3. The summed E-state index contributed by atoms with van der Waals surface area (Å²) in [7, 11) is 1.67. The van der Waals surface area contributed by atoms with Crippen molar-refractivity contribution in [2.24, 2.45) is 7.05 Å². The molecule has 2 N–H and O–H groups in total. The third kappa shape index (κ3) is 4.64. The highest BCUT2D eigenvalue weighted by Crippen LogP contribution is 2.34. The number of alkyl halides is 3. The number of hydrogen-bond acceptors (Lipinski definition) is 7. The van der Waals surface area contributed by atoms with Crippen LogP contribution in [0.25, 0.3) is 11.5 Å². The molecule has 12 heteroatoms. The summed E-state index contributed by atoms with van der Waals surface area (Å²) in [6.45, 7) is 6.02. The molecule has 1 aromatic carbocycles. The van der Waals surface area contributed by atoms with Crippen LogP contribution in [-0.2, 0) is 18.0 Å². The second-order valence-electron chi connectivity index (χ2n) is 6.79. The van der Waals surface area contributed by atoms with Gasteiger partial charge in [0.05, 0.1) is 5.56 Å². The average molecular weight is 450 g/mol. The first-order chi connectivity index (χ1) is 15.3. The predicted octanol–water partition coefficient (Wildman–Crippen LogP) is 3.30. The number of carbonyl (C=O) groups excluding carboxylic acids is 1. The minimum absolute atomic E-state index is 0.114. The maximum atomic E-state index is 12.7. The van der Waals surface area contributed by atoms with E-state index in [-0.39, 0.29) is 24.4 Å². The third-order valence-electron chi connectivity index (χ3n) is 4.74. The van der Waals surface area contributed by atoms with Gasteiger partial charge in [-0.15, -0.1) is 23.4 Å². The molecule has 9 nitrogen and oxygen atoms in total. The fourth-order valence-electron chi connectivity index (χ4n) is 3.21. The lowest BCUT2D eigenvalue weighted by molar-refractivity contribution is -0.137. The van der Waals surface area contributed by atoms with Crippen molar-refractivity contribution < 1.29 is 27.5 Å². The Morgan fingerprint density at radius 2 is 1.94 bits per heavy atom. The number of aromatic nitrogens is 4. The van der Waals surface area contributed by atoms with Gasteiger partial charge in [-0.2, -0.15) is 18.3 Å². The van der Waals surface area contributed by atoms with E-state index < -0.39 is 17.7 Å². The van der Waals surface area contributed by atoms with E-state index in [2.05, 4.69) is 33.8 Å². The molecule has 32 heavy (non-hydrogen) atoms. The first-order valence-electron chi connectivity index (χ1n) is 9.47. The van der Waals surface area contributed by atoms with E-state index in [1.54, 1.807) is 13.2 Å². The number of nitrogens with zero attached hydrogens (tertiary/aromatic N) is 5. The van der Waals surface area contributed by atoms with Crippen molar-refractivity contribution >= 4 is 17.4 Å². The Morgan fingerprint density at radius 1 is 1.25 bits per heavy atom. The van der Waals surface area contributed by atoms with Crippen LogP contribution in [0.3, 0.4) is 0 Å². The Balaban J connectivity index is 0.00000141. The topological polar surface area (TPSA) is 109 Å². The van der Waals surface area contributed by atoms with Crippen LogP contribution < -0.4 is 5.32 Å². The highest BCUT2D eigenvalue weighted by Gasteiger charge is 2.36. The fraction of sp³-hybridized carbons (Fsp3) is 0.300. The molecular weight excluding hydrogens is 429 g/mol. The summed E-state index contributed by atoms with van der Waals surface area (Å²) >= 11 is 0. The quantitative estimate of drug-likeness (QED) is 0.574. The molecule has 1 aliphatic heterocycles. The van der Waals surface area contributed by atoms with Gasteiger partial charge in [0.1, 0.15) is 18.2 Å². The number of aryl methyl sites for hydroxylation is 1. The van der Waals surface area contributed by atoms with Crippen LogP contribution in [0.5, 0.6) is 0 Å². The molecule has 1 saturated heterocycles. The average Bonchev–Trinajstić information content (AvgIpc) is 3.47. The molecule has 0 saturated carbocycles. The number of likely N-dealkylation sites (tertiary alicyclic amines) is 1. The monoisotopic (exact) mass is 450 g/mol. The summed E-state index contributed by atoms with van der Waals surface area (Å²) < 4.78 is 45.4. The summed E-state index contributed by atoms with van der Waals surface area (Å²) in [5, 5.41) is 24.3. The molecule has 1 amide bonds. The second kappa shape index (κ2) is 9.22. The minimum atomic E-state index is -4.42. The number of benzene rings is 1. The van der Waals surface area contributed by atoms with Crippen LogP contribution >= 0.6 is 0 Å². The van der Waals surface area contributed by atoms with Gasteiger partial charge in [0.25, 0.3) is 5.89 Å². The third-order valence-corrected chi connectivity index (χ3v) is 4.74. The van der Waals surface area contributed by atoms with Crippen molar-refractivity contribution in [2.45, 2.75) is 18.5 Å². The Morgan fingerprint density at radius 3 is 2.53 bits per heavy atom. The molecule has 170 valence electrons. The second-order valence-corrected chi connectivity index (χ2v) is 6.79. The van der Waals surface area contributed by atoms with Crippen molar-refractivity contribution in [2.75, 3.05) is 18.6 Å². The summed E-state index contributed by atoms with van der Waals surface area (Å²) in [5.41, 5.74) is 0.0712. The number of nitrogens with one attached hydrogen (secondary N) is 1.